The lowest BCUT2D eigenvalue weighted by molar-refractivity contribution is -0.384. The van der Waals surface area contributed by atoms with Crippen molar-refractivity contribution in [3.05, 3.63) is 0 Å². The zero-order valence-corrected chi connectivity index (χ0v) is 31.2. The largest absolute Gasteiger partial charge is 0.455 e. The van der Waals surface area contributed by atoms with E-state index in [-0.39, 0.29) is 31.1 Å². The monoisotopic (exact) mass is 734 g/mol. The SMILES string of the molecule is CCCCCCCCCCCC(=O)OC1C(OC(=O)CC(C)C)C(CO)OC(OC2(CO)OC(CO)C(O)C2OC(=O)CC(C)C)C1OC(C)=O. The number of carbonyl (C=O) groups excluding carboxylic acids is 4. The van der Waals surface area contributed by atoms with E-state index >= 15 is 0 Å². The number of hydrogen-bond acceptors (Lipinski definition) is 15. The van der Waals surface area contributed by atoms with Gasteiger partial charge in [-0.3, -0.25) is 19.2 Å². The number of esters is 4. The first-order chi connectivity index (χ1) is 24.2. The van der Waals surface area contributed by atoms with E-state index in [2.05, 4.69) is 6.92 Å². The third-order valence-corrected chi connectivity index (χ3v) is 8.69. The smallest absolute Gasteiger partial charge is 0.306 e. The van der Waals surface area contributed by atoms with Crippen molar-refractivity contribution >= 4 is 23.9 Å². The van der Waals surface area contributed by atoms with Crippen LogP contribution in [-0.4, -0.2) is 119 Å². The van der Waals surface area contributed by atoms with Crippen LogP contribution in [0.3, 0.4) is 0 Å². The summed E-state index contributed by atoms with van der Waals surface area (Å²) in [6.45, 7) is 7.79. The fourth-order valence-corrected chi connectivity index (χ4v) is 6.17. The molecule has 15 heteroatoms. The average molecular weight is 735 g/mol. The lowest BCUT2D eigenvalue weighted by Gasteiger charge is -2.46. The summed E-state index contributed by atoms with van der Waals surface area (Å²) in [7, 11) is 0. The molecule has 0 aliphatic carbocycles. The summed E-state index contributed by atoms with van der Waals surface area (Å²) in [5.41, 5.74) is 0. The van der Waals surface area contributed by atoms with Crippen molar-refractivity contribution in [2.24, 2.45) is 11.8 Å². The molecule has 2 rings (SSSR count). The van der Waals surface area contributed by atoms with Crippen LogP contribution in [0.1, 0.15) is 119 Å². The molecule has 0 amide bonds. The Morgan fingerprint density at radius 1 is 0.686 bits per heavy atom. The summed E-state index contributed by atoms with van der Waals surface area (Å²) >= 11 is 0. The van der Waals surface area contributed by atoms with Crippen LogP contribution < -0.4 is 0 Å². The maximum atomic E-state index is 13.3. The van der Waals surface area contributed by atoms with Crippen LogP contribution in [0, 0.1) is 11.8 Å². The first-order valence-electron chi connectivity index (χ1n) is 18.5. The molecule has 0 saturated carbocycles. The van der Waals surface area contributed by atoms with Gasteiger partial charge in [-0.05, 0) is 18.3 Å². The van der Waals surface area contributed by atoms with Gasteiger partial charge in [0.25, 0.3) is 0 Å². The molecule has 0 aromatic carbocycles. The quantitative estimate of drug-likeness (QED) is 0.0675. The zero-order chi connectivity index (χ0) is 38.1. The van der Waals surface area contributed by atoms with Crippen molar-refractivity contribution in [2.75, 3.05) is 19.8 Å². The minimum atomic E-state index is -2.38. The van der Waals surface area contributed by atoms with Crippen LogP contribution in [0.2, 0.25) is 0 Å². The summed E-state index contributed by atoms with van der Waals surface area (Å²) in [6.07, 6.45) is -3.54. The van der Waals surface area contributed by atoms with Gasteiger partial charge in [0.05, 0.1) is 13.2 Å². The topological polar surface area (TPSA) is 214 Å². The highest BCUT2D eigenvalue weighted by Crippen LogP contribution is 2.39. The summed E-state index contributed by atoms with van der Waals surface area (Å²) < 4.78 is 40.4. The number of rotatable bonds is 23. The van der Waals surface area contributed by atoms with Gasteiger partial charge in [0, 0.05) is 26.2 Å². The van der Waals surface area contributed by atoms with E-state index in [0.29, 0.717) is 6.42 Å². The molecule has 0 aromatic heterocycles. The molecule has 4 N–H and O–H groups in total. The number of unbranched alkanes of at least 4 members (excludes halogenated alkanes) is 8. The van der Waals surface area contributed by atoms with Gasteiger partial charge in [0.15, 0.2) is 24.4 Å². The van der Waals surface area contributed by atoms with Gasteiger partial charge in [-0.1, -0.05) is 86.0 Å². The molecule has 0 bridgehead atoms. The third kappa shape index (κ3) is 14.2. The van der Waals surface area contributed by atoms with Crippen LogP contribution >= 0.6 is 0 Å². The first-order valence-corrected chi connectivity index (χ1v) is 18.5. The normalized spacial score (nSPS) is 29.3. The molecule has 2 aliphatic rings. The molecular weight excluding hydrogens is 672 g/mol. The Balaban J connectivity index is 2.40. The third-order valence-electron chi connectivity index (χ3n) is 8.69. The lowest BCUT2D eigenvalue weighted by Crippen LogP contribution is -2.65. The van der Waals surface area contributed by atoms with Gasteiger partial charge in [-0.2, -0.15) is 0 Å². The van der Waals surface area contributed by atoms with Gasteiger partial charge in [0.2, 0.25) is 12.1 Å². The van der Waals surface area contributed by atoms with Gasteiger partial charge in [-0.25, -0.2) is 0 Å². The minimum absolute atomic E-state index is 0.00387. The fraction of sp³-hybridized carbons (Fsp3) is 0.889. The number of aliphatic hydroxyl groups excluding tert-OH is 4. The Morgan fingerprint density at radius 3 is 1.73 bits per heavy atom. The van der Waals surface area contributed by atoms with E-state index in [4.69, 9.17) is 33.2 Å². The molecule has 2 heterocycles. The molecule has 0 spiro atoms. The standard InChI is InChI=1S/C36H62O15/c1-7-8-9-10-11-12-13-14-15-16-27(41)47-32-31(48-28(42)17-22(2)3)26(20-38)46-35(33(32)45-24(6)40)51-36(21-39)34(30(44)25(19-37)50-36)49-29(43)18-23(4)5/h22-23,25-26,30-35,37-39,44H,7-21H2,1-6H3. The molecule has 2 aliphatic heterocycles. The van der Waals surface area contributed by atoms with E-state index in [1.54, 1.807) is 27.7 Å². The van der Waals surface area contributed by atoms with Crippen LogP contribution in [0.5, 0.6) is 0 Å². The second kappa shape index (κ2) is 22.6. The molecule has 2 saturated heterocycles. The fourth-order valence-electron chi connectivity index (χ4n) is 6.17. The van der Waals surface area contributed by atoms with Gasteiger partial charge < -0.3 is 53.6 Å². The van der Waals surface area contributed by atoms with Gasteiger partial charge in [0.1, 0.15) is 24.9 Å². The van der Waals surface area contributed by atoms with E-state index in [1.165, 1.54) is 25.7 Å². The maximum absolute atomic E-state index is 13.3. The summed E-state index contributed by atoms with van der Waals surface area (Å²) in [5.74, 6) is -5.61. The van der Waals surface area contributed by atoms with Gasteiger partial charge >= 0.3 is 23.9 Å². The Labute approximate surface area is 301 Å². The molecule has 296 valence electrons. The number of aliphatic hydroxyl groups is 4. The average Bonchev–Trinajstić information content (AvgIpc) is 3.31. The van der Waals surface area contributed by atoms with Crippen LogP contribution in [0.4, 0.5) is 0 Å². The predicted octanol–water partition coefficient (Wildman–Crippen LogP) is 2.84. The highest BCUT2D eigenvalue weighted by atomic mass is 16.8. The van der Waals surface area contributed by atoms with E-state index < -0.39 is 98.5 Å². The summed E-state index contributed by atoms with van der Waals surface area (Å²) in [4.78, 5) is 51.4. The Bertz CT molecular complexity index is 1070. The highest BCUT2D eigenvalue weighted by molar-refractivity contribution is 5.71. The van der Waals surface area contributed by atoms with E-state index in [1.807, 2.05) is 0 Å². The summed E-state index contributed by atoms with van der Waals surface area (Å²) in [5, 5.41) is 41.9. The predicted molar refractivity (Wildman–Crippen MR) is 181 cm³/mol. The first kappa shape index (κ1) is 44.8. The zero-order valence-electron chi connectivity index (χ0n) is 31.2. The van der Waals surface area contributed by atoms with Crippen LogP contribution in [0.15, 0.2) is 0 Å². The summed E-state index contributed by atoms with van der Waals surface area (Å²) in [6, 6.07) is 0. The number of carbonyl (C=O) groups is 4. The second-order valence-electron chi connectivity index (χ2n) is 14.3. The molecule has 9 atom stereocenters. The molecule has 15 nitrogen and oxygen atoms in total. The van der Waals surface area contributed by atoms with Crippen molar-refractivity contribution in [1.82, 2.24) is 0 Å². The van der Waals surface area contributed by atoms with Crippen LogP contribution in [0.25, 0.3) is 0 Å². The maximum Gasteiger partial charge on any atom is 0.306 e. The van der Waals surface area contributed by atoms with E-state index in [9.17, 15) is 39.6 Å². The number of hydrogen-bond donors (Lipinski definition) is 4. The Hall–Kier alpha value is -2.40. The minimum Gasteiger partial charge on any atom is -0.455 e. The van der Waals surface area contributed by atoms with Crippen molar-refractivity contribution in [2.45, 2.75) is 173 Å². The molecule has 0 aromatic rings. The van der Waals surface area contributed by atoms with Crippen molar-refractivity contribution in [3.8, 4) is 0 Å². The molecule has 9 unspecified atom stereocenters. The Morgan fingerprint density at radius 2 is 1.22 bits per heavy atom. The highest BCUT2D eigenvalue weighted by Gasteiger charge is 2.62. The van der Waals surface area contributed by atoms with Crippen molar-refractivity contribution in [1.29, 1.82) is 0 Å². The second-order valence-corrected chi connectivity index (χ2v) is 14.3. The molecule has 0 radical (unpaired) electrons. The van der Waals surface area contributed by atoms with Crippen LogP contribution in [-0.2, 0) is 52.3 Å². The lowest BCUT2D eigenvalue weighted by atomic mass is 9.97. The van der Waals surface area contributed by atoms with Crippen molar-refractivity contribution in [3.63, 3.8) is 0 Å². The Kier molecular flexibility index (Phi) is 19.9. The van der Waals surface area contributed by atoms with Gasteiger partial charge in [-0.15, -0.1) is 0 Å². The molecule has 51 heavy (non-hydrogen) atoms. The molecular formula is C36H62O15. The van der Waals surface area contributed by atoms with Crippen molar-refractivity contribution < 1.29 is 72.8 Å². The van der Waals surface area contributed by atoms with E-state index in [0.717, 1.165) is 32.6 Å². The molecule has 2 fully saturated rings. The number of ether oxygens (including phenoxy) is 7.